The highest BCUT2D eigenvalue weighted by Gasteiger charge is 2.33. The van der Waals surface area contributed by atoms with E-state index < -0.39 is 12.1 Å². The van der Waals surface area contributed by atoms with E-state index >= 15 is 0 Å². The van der Waals surface area contributed by atoms with Gasteiger partial charge in [-0.2, -0.15) is 0 Å². The number of halogens is 3. The Hall–Kier alpha value is -1.76. The Kier molecular flexibility index (Phi) is 3.89. The highest BCUT2D eigenvalue weighted by molar-refractivity contribution is 5.95. The van der Waals surface area contributed by atoms with Crippen molar-refractivity contribution in [3.05, 3.63) is 29.8 Å². The molecule has 0 spiro atoms. The van der Waals surface area contributed by atoms with Crippen LogP contribution in [-0.4, -0.2) is 35.8 Å². The topological polar surface area (TPSA) is 55.6 Å². The van der Waals surface area contributed by atoms with Crippen molar-refractivity contribution in [2.75, 3.05) is 6.54 Å². The molecule has 1 aliphatic heterocycles. The molecule has 110 valence electrons. The van der Waals surface area contributed by atoms with Crippen LogP contribution < -0.4 is 10.5 Å². The van der Waals surface area contributed by atoms with Gasteiger partial charge in [0.05, 0.1) is 0 Å². The largest absolute Gasteiger partial charge is 0.573 e. The fourth-order valence-electron chi connectivity index (χ4n) is 2.24. The first-order valence-corrected chi connectivity index (χ1v) is 6.20. The average molecular weight is 288 g/mol. The van der Waals surface area contributed by atoms with Crippen LogP contribution in [0.15, 0.2) is 24.3 Å². The SMILES string of the molecule is CC1C(N)CCN1C(=O)c1cccc(OC(F)(F)F)c1. The Bertz CT molecular complexity index is 505. The number of carbonyl (C=O) groups is 1. The van der Waals surface area contributed by atoms with Gasteiger partial charge in [-0.05, 0) is 31.5 Å². The van der Waals surface area contributed by atoms with Gasteiger partial charge in [-0.1, -0.05) is 6.07 Å². The first-order chi connectivity index (χ1) is 9.28. The molecule has 0 bridgehead atoms. The smallest absolute Gasteiger partial charge is 0.406 e. The lowest BCUT2D eigenvalue weighted by Gasteiger charge is -2.23. The third-order valence-electron chi connectivity index (χ3n) is 3.39. The number of carbonyl (C=O) groups excluding carboxylic acids is 1. The van der Waals surface area contributed by atoms with E-state index in [1.54, 1.807) is 4.90 Å². The molecule has 20 heavy (non-hydrogen) atoms. The maximum absolute atomic E-state index is 12.3. The first-order valence-electron chi connectivity index (χ1n) is 6.20. The van der Waals surface area contributed by atoms with E-state index in [1.165, 1.54) is 12.1 Å². The van der Waals surface area contributed by atoms with Crippen LogP contribution in [0.3, 0.4) is 0 Å². The van der Waals surface area contributed by atoms with Crippen LogP contribution in [0.4, 0.5) is 13.2 Å². The third kappa shape index (κ3) is 3.22. The summed E-state index contributed by atoms with van der Waals surface area (Å²) in [5.41, 5.74) is 5.99. The van der Waals surface area contributed by atoms with E-state index in [-0.39, 0.29) is 23.6 Å². The summed E-state index contributed by atoms with van der Waals surface area (Å²) in [4.78, 5) is 13.8. The van der Waals surface area contributed by atoms with Gasteiger partial charge < -0.3 is 15.4 Å². The van der Waals surface area contributed by atoms with Crippen LogP contribution in [0.2, 0.25) is 0 Å². The Morgan fingerprint density at radius 1 is 1.45 bits per heavy atom. The van der Waals surface area contributed by atoms with Gasteiger partial charge in [0.15, 0.2) is 0 Å². The van der Waals surface area contributed by atoms with Gasteiger partial charge >= 0.3 is 6.36 Å². The number of likely N-dealkylation sites (tertiary alicyclic amines) is 1. The second-order valence-electron chi connectivity index (χ2n) is 4.77. The maximum atomic E-state index is 12.3. The number of benzene rings is 1. The minimum absolute atomic E-state index is 0.103. The molecular formula is C13H15F3N2O2. The van der Waals surface area contributed by atoms with Crippen LogP contribution in [0.25, 0.3) is 0 Å². The Labute approximate surface area is 114 Å². The van der Waals surface area contributed by atoms with Crippen molar-refractivity contribution in [2.45, 2.75) is 31.8 Å². The number of hydrogen-bond acceptors (Lipinski definition) is 3. The molecule has 2 rings (SSSR count). The monoisotopic (exact) mass is 288 g/mol. The molecule has 0 aromatic heterocycles. The molecule has 1 heterocycles. The summed E-state index contributed by atoms with van der Waals surface area (Å²) in [5, 5.41) is 0. The van der Waals surface area contributed by atoms with Crippen molar-refractivity contribution in [3.8, 4) is 5.75 Å². The fourth-order valence-corrected chi connectivity index (χ4v) is 2.24. The summed E-state index contributed by atoms with van der Waals surface area (Å²) >= 11 is 0. The zero-order chi connectivity index (χ0) is 14.9. The zero-order valence-corrected chi connectivity index (χ0v) is 10.9. The van der Waals surface area contributed by atoms with Crippen molar-refractivity contribution < 1.29 is 22.7 Å². The summed E-state index contributed by atoms with van der Waals surface area (Å²) in [6, 6.07) is 4.83. The van der Waals surface area contributed by atoms with Crippen LogP contribution >= 0.6 is 0 Å². The van der Waals surface area contributed by atoms with E-state index in [0.717, 1.165) is 12.1 Å². The van der Waals surface area contributed by atoms with Gasteiger partial charge in [0.25, 0.3) is 5.91 Å². The molecule has 1 aromatic carbocycles. The van der Waals surface area contributed by atoms with E-state index in [2.05, 4.69) is 4.74 Å². The van der Waals surface area contributed by atoms with Crippen molar-refractivity contribution in [1.29, 1.82) is 0 Å². The van der Waals surface area contributed by atoms with Gasteiger partial charge in [-0.3, -0.25) is 4.79 Å². The molecule has 2 N–H and O–H groups in total. The molecule has 4 nitrogen and oxygen atoms in total. The number of nitrogens with zero attached hydrogens (tertiary/aromatic N) is 1. The van der Waals surface area contributed by atoms with Crippen molar-refractivity contribution in [2.24, 2.45) is 5.73 Å². The minimum atomic E-state index is -4.77. The molecule has 2 unspecified atom stereocenters. The minimum Gasteiger partial charge on any atom is -0.406 e. The van der Waals surface area contributed by atoms with E-state index in [0.29, 0.717) is 13.0 Å². The quantitative estimate of drug-likeness (QED) is 0.907. The van der Waals surface area contributed by atoms with E-state index in [9.17, 15) is 18.0 Å². The van der Waals surface area contributed by atoms with Crippen molar-refractivity contribution in [1.82, 2.24) is 4.90 Å². The molecule has 0 aliphatic carbocycles. The predicted molar refractivity (Wildman–Crippen MR) is 66.2 cm³/mol. The first kappa shape index (κ1) is 14.6. The number of amides is 1. The van der Waals surface area contributed by atoms with Crippen molar-refractivity contribution in [3.63, 3.8) is 0 Å². The number of nitrogens with two attached hydrogens (primary N) is 1. The Morgan fingerprint density at radius 3 is 2.70 bits per heavy atom. The Balaban J connectivity index is 2.17. The molecular weight excluding hydrogens is 273 g/mol. The van der Waals surface area contributed by atoms with Crippen LogP contribution in [0.1, 0.15) is 23.7 Å². The molecule has 0 saturated carbocycles. The van der Waals surface area contributed by atoms with Gasteiger partial charge in [0, 0.05) is 24.2 Å². The normalized spacial score (nSPS) is 22.9. The van der Waals surface area contributed by atoms with Gasteiger partial charge in [0.2, 0.25) is 0 Å². The second kappa shape index (κ2) is 5.32. The molecule has 0 radical (unpaired) electrons. The number of hydrogen-bond donors (Lipinski definition) is 1. The van der Waals surface area contributed by atoms with Gasteiger partial charge in [-0.25, -0.2) is 0 Å². The second-order valence-corrected chi connectivity index (χ2v) is 4.77. The van der Waals surface area contributed by atoms with E-state index in [1.807, 2.05) is 6.92 Å². The highest BCUT2D eigenvalue weighted by atomic mass is 19.4. The molecule has 1 saturated heterocycles. The third-order valence-corrected chi connectivity index (χ3v) is 3.39. The number of rotatable bonds is 2. The molecule has 1 aromatic rings. The maximum Gasteiger partial charge on any atom is 0.573 e. The zero-order valence-electron chi connectivity index (χ0n) is 10.9. The van der Waals surface area contributed by atoms with Crippen molar-refractivity contribution >= 4 is 5.91 Å². The average Bonchev–Trinajstić information content (AvgIpc) is 2.67. The lowest BCUT2D eigenvalue weighted by Crippen LogP contribution is -2.40. The standard InChI is InChI=1S/C13H15F3N2O2/c1-8-11(17)5-6-18(8)12(19)9-3-2-4-10(7-9)20-13(14,15)16/h2-4,7-8,11H,5-6,17H2,1H3. The molecule has 1 fully saturated rings. The predicted octanol–water partition coefficient (Wildman–Crippen LogP) is 2.15. The van der Waals surface area contributed by atoms with Gasteiger partial charge in [0.1, 0.15) is 5.75 Å². The molecule has 2 atom stereocenters. The van der Waals surface area contributed by atoms with Gasteiger partial charge in [-0.15, -0.1) is 13.2 Å². The summed E-state index contributed by atoms with van der Waals surface area (Å²) < 4.78 is 40.3. The summed E-state index contributed by atoms with van der Waals surface area (Å²) in [6.07, 6.45) is -4.09. The van der Waals surface area contributed by atoms with E-state index in [4.69, 9.17) is 5.73 Å². The lowest BCUT2D eigenvalue weighted by atomic mass is 10.1. The van der Waals surface area contributed by atoms with Crippen LogP contribution in [-0.2, 0) is 0 Å². The lowest BCUT2D eigenvalue weighted by molar-refractivity contribution is -0.274. The highest BCUT2D eigenvalue weighted by Crippen LogP contribution is 2.25. The Morgan fingerprint density at radius 2 is 2.15 bits per heavy atom. The van der Waals surface area contributed by atoms with Crippen LogP contribution in [0, 0.1) is 0 Å². The summed E-state index contributed by atoms with van der Waals surface area (Å²) in [7, 11) is 0. The number of alkyl halides is 3. The fraction of sp³-hybridized carbons (Fsp3) is 0.462. The van der Waals surface area contributed by atoms with Crippen LogP contribution in [0.5, 0.6) is 5.75 Å². The molecule has 1 aliphatic rings. The number of ether oxygens (including phenoxy) is 1. The molecule has 1 amide bonds. The summed E-state index contributed by atoms with van der Waals surface area (Å²) in [6.45, 7) is 2.33. The molecule has 7 heteroatoms. The summed E-state index contributed by atoms with van der Waals surface area (Å²) in [5.74, 6) is -0.738.